The van der Waals surface area contributed by atoms with E-state index in [-0.39, 0.29) is 17.7 Å². The number of carbonyl (C=O) groups excluding carboxylic acids is 1. The van der Waals surface area contributed by atoms with Gasteiger partial charge in [0.15, 0.2) is 11.6 Å². The van der Waals surface area contributed by atoms with Crippen LogP contribution in [0.15, 0.2) is 72.8 Å². The molecule has 0 bridgehead atoms. The van der Waals surface area contributed by atoms with E-state index in [0.717, 1.165) is 30.2 Å². The van der Waals surface area contributed by atoms with Gasteiger partial charge in [0.2, 0.25) is 5.91 Å². The van der Waals surface area contributed by atoms with Gasteiger partial charge in [-0.25, -0.2) is 8.78 Å². The van der Waals surface area contributed by atoms with Gasteiger partial charge in [0, 0.05) is 26.2 Å². The van der Waals surface area contributed by atoms with Gasteiger partial charge in [0.25, 0.3) is 0 Å². The van der Waals surface area contributed by atoms with Crippen molar-refractivity contribution in [3.63, 3.8) is 0 Å². The second-order valence-electron chi connectivity index (χ2n) is 8.69. The summed E-state index contributed by atoms with van der Waals surface area (Å²) < 4.78 is 27.0. The smallest absolute Gasteiger partial charge is 0.224 e. The van der Waals surface area contributed by atoms with Crippen molar-refractivity contribution < 1.29 is 13.6 Å². The minimum Gasteiger partial charge on any atom is -0.352 e. The SMILES string of the molecule is Cc1cccc(CNC(=O)[C@@H]2C[C@@H](c3ccccc3)CN(Cc3ccc(F)c(F)c3)C2)c1. The summed E-state index contributed by atoms with van der Waals surface area (Å²) in [4.78, 5) is 15.3. The molecule has 3 aromatic carbocycles. The van der Waals surface area contributed by atoms with Crippen molar-refractivity contribution in [2.75, 3.05) is 13.1 Å². The fraction of sp³-hybridized carbons (Fsp3) is 0.296. The lowest BCUT2D eigenvalue weighted by molar-refractivity contribution is -0.127. The summed E-state index contributed by atoms with van der Waals surface area (Å²) in [6, 6.07) is 22.3. The molecule has 0 spiro atoms. The number of nitrogens with zero attached hydrogens (tertiary/aromatic N) is 1. The molecule has 166 valence electrons. The molecule has 3 nitrogen and oxygen atoms in total. The van der Waals surface area contributed by atoms with Crippen molar-refractivity contribution >= 4 is 5.91 Å². The highest BCUT2D eigenvalue weighted by Crippen LogP contribution is 2.31. The van der Waals surface area contributed by atoms with E-state index in [1.54, 1.807) is 6.07 Å². The molecule has 1 fully saturated rings. The number of rotatable bonds is 6. The standard InChI is InChI=1S/C27H28F2N2O/c1-19-6-5-7-20(12-19)15-30-27(32)24-14-23(22-8-3-2-4-9-22)17-31(18-24)16-21-10-11-25(28)26(29)13-21/h2-13,23-24H,14-18H2,1H3,(H,30,32)/t23-,24-/m1/s1. The van der Waals surface area contributed by atoms with Crippen molar-refractivity contribution in [2.45, 2.75) is 32.4 Å². The molecule has 0 radical (unpaired) electrons. The molecule has 1 N–H and O–H groups in total. The van der Waals surface area contributed by atoms with Crippen LogP contribution < -0.4 is 5.32 Å². The fourth-order valence-corrected chi connectivity index (χ4v) is 4.53. The van der Waals surface area contributed by atoms with Gasteiger partial charge >= 0.3 is 0 Å². The second kappa shape index (κ2) is 10.0. The first-order chi connectivity index (χ1) is 15.5. The minimum absolute atomic E-state index is 0.0300. The molecule has 0 aromatic heterocycles. The van der Waals surface area contributed by atoms with Crippen molar-refractivity contribution in [2.24, 2.45) is 5.92 Å². The van der Waals surface area contributed by atoms with Crippen LogP contribution in [0.25, 0.3) is 0 Å². The number of likely N-dealkylation sites (tertiary alicyclic amines) is 1. The molecule has 3 aromatic rings. The van der Waals surface area contributed by atoms with Gasteiger partial charge in [0.1, 0.15) is 0 Å². The molecule has 1 aliphatic heterocycles. The topological polar surface area (TPSA) is 32.3 Å². The zero-order chi connectivity index (χ0) is 22.5. The molecule has 1 amide bonds. The summed E-state index contributed by atoms with van der Waals surface area (Å²) in [5.74, 6) is -1.63. The third-order valence-corrected chi connectivity index (χ3v) is 6.11. The number of halogens is 2. The monoisotopic (exact) mass is 434 g/mol. The maximum Gasteiger partial charge on any atom is 0.224 e. The van der Waals surface area contributed by atoms with Gasteiger partial charge in [-0.15, -0.1) is 0 Å². The van der Waals surface area contributed by atoms with E-state index in [1.807, 2.05) is 43.3 Å². The minimum atomic E-state index is -0.844. The summed E-state index contributed by atoms with van der Waals surface area (Å²) in [6.07, 6.45) is 0.762. The summed E-state index contributed by atoms with van der Waals surface area (Å²) in [7, 11) is 0. The van der Waals surface area contributed by atoms with Gasteiger partial charge in [-0.05, 0) is 48.1 Å². The van der Waals surface area contributed by atoms with E-state index in [2.05, 4.69) is 28.4 Å². The number of aryl methyl sites for hydroxylation is 1. The Balaban J connectivity index is 1.48. The third-order valence-electron chi connectivity index (χ3n) is 6.11. The Morgan fingerprint density at radius 3 is 2.50 bits per heavy atom. The van der Waals surface area contributed by atoms with Crippen LogP contribution in [-0.4, -0.2) is 23.9 Å². The summed E-state index contributed by atoms with van der Waals surface area (Å²) in [5.41, 5.74) is 4.14. The average molecular weight is 435 g/mol. The number of nitrogens with one attached hydrogen (secondary N) is 1. The van der Waals surface area contributed by atoms with E-state index in [4.69, 9.17) is 0 Å². The van der Waals surface area contributed by atoms with Gasteiger partial charge in [-0.3, -0.25) is 9.69 Å². The molecule has 0 aliphatic carbocycles. The van der Waals surface area contributed by atoms with Crippen LogP contribution in [0.5, 0.6) is 0 Å². The molecule has 0 unspecified atom stereocenters. The van der Waals surface area contributed by atoms with Gasteiger partial charge in [-0.1, -0.05) is 66.2 Å². The number of carbonyl (C=O) groups is 1. The van der Waals surface area contributed by atoms with Crippen molar-refractivity contribution in [1.82, 2.24) is 10.2 Å². The third kappa shape index (κ3) is 5.60. The number of hydrogen-bond donors (Lipinski definition) is 1. The maximum absolute atomic E-state index is 13.7. The number of amides is 1. The zero-order valence-corrected chi connectivity index (χ0v) is 18.2. The lowest BCUT2D eigenvalue weighted by Crippen LogP contribution is -2.45. The van der Waals surface area contributed by atoms with Crippen LogP contribution in [0, 0.1) is 24.5 Å². The summed E-state index contributed by atoms with van der Waals surface area (Å²) in [6.45, 7) is 4.36. The highest BCUT2D eigenvalue weighted by atomic mass is 19.2. The van der Waals surface area contributed by atoms with E-state index >= 15 is 0 Å². The van der Waals surface area contributed by atoms with E-state index in [1.165, 1.54) is 11.6 Å². The van der Waals surface area contributed by atoms with Crippen LogP contribution in [0.4, 0.5) is 8.78 Å². The lowest BCUT2D eigenvalue weighted by atomic mass is 9.84. The van der Waals surface area contributed by atoms with Crippen LogP contribution >= 0.6 is 0 Å². The average Bonchev–Trinajstić information content (AvgIpc) is 2.80. The van der Waals surface area contributed by atoms with Crippen LogP contribution in [0.2, 0.25) is 0 Å². The molecule has 32 heavy (non-hydrogen) atoms. The number of piperidine rings is 1. The molecule has 1 heterocycles. The Bertz CT molecular complexity index is 1070. The highest BCUT2D eigenvalue weighted by Gasteiger charge is 2.32. The Morgan fingerprint density at radius 2 is 1.75 bits per heavy atom. The number of benzene rings is 3. The van der Waals surface area contributed by atoms with Gasteiger partial charge in [0.05, 0.1) is 5.92 Å². The van der Waals surface area contributed by atoms with Crippen molar-refractivity contribution in [1.29, 1.82) is 0 Å². The fourth-order valence-electron chi connectivity index (χ4n) is 4.53. The Kier molecular flexibility index (Phi) is 6.96. The summed E-state index contributed by atoms with van der Waals surface area (Å²) in [5, 5.41) is 3.09. The Labute approximate surface area is 188 Å². The van der Waals surface area contributed by atoms with E-state index in [9.17, 15) is 13.6 Å². The second-order valence-corrected chi connectivity index (χ2v) is 8.69. The first kappa shape index (κ1) is 22.2. The first-order valence-corrected chi connectivity index (χ1v) is 11.0. The molecule has 1 aliphatic rings. The normalized spacial score (nSPS) is 19.0. The zero-order valence-electron chi connectivity index (χ0n) is 18.2. The predicted molar refractivity (Wildman–Crippen MR) is 122 cm³/mol. The van der Waals surface area contributed by atoms with Crippen molar-refractivity contribution in [3.8, 4) is 0 Å². The lowest BCUT2D eigenvalue weighted by Gasteiger charge is -2.37. The van der Waals surface area contributed by atoms with Crippen LogP contribution in [-0.2, 0) is 17.9 Å². The van der Waals surface area contributed by atoms with Crippen LogP contribution in [0.1, 0.15) is 34.6 Å². The molecule has 4 rings (SSSR count). The summed E-state index contributed by atoms with van der Waals surface area (Å²) >= 11 is 0. The molecule has 1 saturated heterocycles. The molecular weight excluding hydrogens is 406 g/mol. The Hall–Kier alpha value is -3.05. The van der Waals surface area contributed by atoms with Gasteiger partial charge < -0.3 is 5.32 Å². The van der Waals surface area contributed by atoms with E-state index in [0.29, 0.717) is 25.2 Å². The number of hydrogen-bond acceptors (Lipinski definition) is 2. The largest absolute Gasteiger partial charge is 0.352 e. The molecule has 2 atom stereocenters. The predicted octanol–water partition coefficient (Wildman–Crippen LogP) is 5.20. The van der Waals surface area contributed by atoms with E-state index < -0.39 is 11.6 Å². The maximum atomic E-state index is 13.7. The Morgan fingerprint density at radius 1 is 0.938 bits per heavy atom. The highest BCUT2D eigenvalue weighted by molar-refractivity contribution is 5.79. The van der Waals surface area contributed by atoms with Crippen LogP contribution in [0.3, 0.4) is 0 Å². The first-order valence-electron chi connectivity index (χ1n) is 11.0. The molecule has 5 heteroatoms. The molecule has 0 saturated carbocycles. The van der Waals surface area contributed by atoms with Crippen molar-refractivity contribution in [3.05, 3.63) is 107 Å². The van der Waals surface area contributed by atoms with Gasteiger partial charge in [-0.2, -0.15) is 0 Å². The quantitative estimate of drug-likeness (QED) is 0.579. The molecular formula is C27H28F2N2O.